The molecule has 3 aromatic rings. The van der Waals surface area contributed by atoms with Gasteiger partial charge in [-0.2, -0.15) is 0 Å². The molecule has 0 fully saturated rings. The molecule has 102 valence electrons. The Labute approximate surface area is 115 Å². The van der Waals surface area contributed by atoms with E-state index in [1.807, 2.05) is 37.4 Å². The van der Waals surface area contributed by atoms with E-state index in [0.717, 1.165) is 17.5 Å². The Morgan fingerprint density at radius 1 is 1.35 bits per heavy atom. The van der Waals surface area contributed by atoms with Crippen LogP contribution in [-0.4, -0.2) is 21.7 Å². The SMILES string of the molecule is CCc1c[nH]n2c(=O)cc(-c3ccccc3OC)nc12. The second-order valence-corrected chi connectivity index (χ2v) is 4.49. The fraction of sp³-hybridized carbons (Fsp3) is 0.200. The van der Waals surface area contributed by atoms with Gasteiger partial charge in [0.15, 0.2) is 5.65 Å². The van der Waals surface area contributed by atoms with Crippen LogP contribution >= 0.6 is 0 Å². The highest BCUT2D eigenvalue weighted by molar-refractivity contribution is 5.68. The smallest absolute Gasteiger partial charge is 0.273 e. The molecular weight excluding hydrogens is 254 g/mol. The van der Waals surface area contributed by atoms with Crippen LogP contribution in [0.2, 0.25) is 0 Å². The van der Waals surface area contributed by atoms with Crippen molar-refractivity contribution in [1.29, 1.82) is 0 Å². The Morgan fingerprint density at radius 2 is 2.15 bits per heavy atom. The summed E-state index contributed by atoms with van der Waals surface area (Å²) in [6, 6.07) is 9.06. The molecule has 0 aliphatic heterocycles. The summed E-state index contributed by atoms with van der Waals surface area (Å²) >= 11 is 0. The zero-order valence-corrected chi connectivity index (χ0v) is 11.4. The van der Waals surface area contributed by atoms with E-state index in [-0.39, 0.29) is 5.56 Å². The third kappa shape index (κ3) is 1.87. The first-order chi connectivity index (χ1) is 9.74. The number of fused-ring (bicyclic) bond motifs is 1. The van der Waals surface area contributed by atoms with E-state index in [4.69, 9.17) is 4.74 Å². The van der Waals surface area contributed by atoms with Crippen LogP contribution in [0.15, 0.2) is 41.3 Å². The molecule has 5 heteroatoms. The Kier molecular flexibility index (Phi) is 3.02. The fourth-order valence-corrected chi connectivity index (χ4v) is 2.28. The number of para-hydroxylation sites is 1. The summed E-state index contributed by atoms with van der Waals surface area (Å²) in [6.07, 6.45) is 2.63. The molecule has 0 spiro atoms. The van der Waals surface area contributed by atoms with Crippen molar-refractivity contribution in [2.24, 2.45) is 0 Å². The number of benzene rings is 1. The first-order valence-electron chi connectivity index (χ1n) is 6.48. The van der Waals surface area contributed by atoms with Crippen molar-refractivity contribution < 1.29 is 4.74 Å². The van der Waals surface area contributed by atoms with Gasteiger partial charge in [-0.05, 0) is 18.6 Å². The molecule has 2 aromatic heterocycles. The lowest BCUT2D eigenvalue weighted by atomic mass is 10.1. The minimum Gasteiger partial charge on any atom is -0.496 e. The molecule has 0 aliphatic rings. The van der Waals surface area contributed by atoms with E-state index in [1.165, 1.54) is 10.6 Å². The van der Waals surface area contributed by atoms with Crippen LogP contribution in [-0.2, 0) is 6.42 Å². The zero-order chi connectivity index (χ0) is 14.1. The Hall–Kier alpha value is -2.56. The number of ether oxygens (including phenoxy) is 1. The van der Waals surface area contributed by atoms with Crippen LogP contribution in [0.5, 0.6) is 5.75 Å². The summed E-state index contributed by atoms with van der Waals surface area (Å²) in [5, 5.41) is 2.93. The maximum absolute atomic E-state index is 12.2. The van der Waals surface area contributed by atoms with Crippen molar-refractivity contribution in [3.8, 4) is 17.0 Å². The third-order valence-electron chi connectivity index (χ3n) is 3.34. The topological polar surface area (TPSA) is 59.4 Å². The minimum atomic E-state index is -0.129. The van der Waals surface area contributed by atoms with E-state index < -0.39 is 0 Å². The Balaban J connectivity index is 2.29. The van der Waals surface area contributed by atoms with Gasteiger partial charge in [-0.1, -0.05) is 19.1 Å². The number of aryl methyl sites for hydroxylation is 1. The van der Waals surface area contributed by atoms with Gasteiger partial charge in [-0.25, -0.2) is 9.50 Å². The van der Waals surface area contributed by atoms with Gasteiger partial charge in [0.05, 0.1) is 12.8 Å². The number of aromatic amines is 1. The molecule has 0 atom stereocenters. The Bertz CT molecular complexity index is 817. The van der Waals surface area contributed by atoms with Crippen LogP contribution in [0.1, 0.15) is 12.5 Å². The van der Waals surface area contributed by atoms with Gasteiger partial charge in [0.25, 0.3) is 5.56 Å². The maximum atomic E-state index is 12.2. The predicted molar refractivity (Wildman–Crippen MR) is 77.2 cm³/mol. The molecule has 1 N–H and O–H groups in total. The summed E-state index contributed by atoms with van der Waals surface area (Å²) in [5.41, 5.74) is 3.00. The standard InChI is InChI=1S/C15H15N3O2/c1-3-10-9-16-18-14(19)8-12(17-15(10)18)11-6-4-5-7-13(11)20-2/h4-9,16H,3H2,1-2H3. The summed E-state index contributed by atoms with van der Waals surface area (Å²) < 4.78 is 6.79. The van der Waals surface area contributed by atoms with Crippen LogP contribution in [0.3, 0.4) is 0 Å². The maximum Gasteiger partial charge on any atom is 0.273 e. The number of methoxy groups -OCH3 is 1. The van der Waals surface area contributed by atoms with Crippen LogP contribution in [0.25, 0.3) is 16.9 Å². The van der Waals surface area contributed by atoms with Crippen molar-refractivity contribution >= 4 is 5.65 Å². The molecule has 0 radical (unpaired) electrons. The molecule has 3 rings (SSSR count). The van der Waals surface area contributed by atoms with Crippen molar-refractivity contribution in [3.05, 3.63) is 52.4 Å². The molecule has 5 nitrogen and oxygen atoms in total. The number of hydrogen-bond acceptors (Lipinski definition) is 3. The third-order valence-corrected chi connectivity index (χ3v) is 3.34. The first kappa shape index (κ1) is 12.5. The summed E-state index contributed by atoms with van der Waals surface area (Å²) in [6.45, 7) is 2.03. The molecule has 20 heavy (non-hydrogen) atoms. The van der Waals surface area contributed by atoms with Crippen LogP contribution in [0.4, 0.5) is 0 Å². The Morgan fingerprint density at radius 3 is 2.90 bits per heavy atom. The average molecular weight is 269 g/mol. The van der Waals surface area contributed by atoms with Crippen LogP contribution < -0.4 is 10.3 Å². The van der Waals surface area contributed by atoms with Crippen molar-refractivity contribution in [1.82, 2.24) is 14.6 Å². The van der Waals surface area contributed by atoms with E-state index in [2.05, 4.69) is 10.1 Å². The number of nitrogens with zero attached hydrogens (tertiary/aromatic N) is 2. The highest BCUT2D eigenvalue weighted by Gasteiger charge is 2.11. The van der Waals surface area contributed by atoms with Gasteiger partial charge in [-0.15, -0.1) is 0 Å². The van der Waals surface area contributed by atoms with Crippen molar-refractivity contribution in [2.45, 2.75) is 13.3 Å². The molecule has 2 heterocycles. The fourth-order valence-electron chi connectivity index (χ4n) is 2.28. The summed E-state index contributed by atoms with van der Waals surface area (Å²) in [5.74, 6) is 0.706. The second kappa shape index (κ2) is 4.85. The van der Waals surface area contributed by atoms with Gasteiger partial charge >= 0.3 is 0 Å². The number of rotatable bonds is 3. The van der Waals surface area contributed by atoms with E-state index in [9.17, 15) is 4.79 Å². The van der Waals surface area contributed by atoms with Gasteiger partial charge in [0, 0.05) is 23.4 Å². The highest BCUT2D eigenvalue weighted by atomic mass is 16.5. The largest absolute Gasteiger partial charge is 0.496 e. The molecule has 0 saturated carbocycles. The quantitative estimate of drug-likeness (QED) is 0.793. The summed E-state index contributed by atoms with van der Waals surface area (Å²) in [7, 11) is 1.61. The summed E-state index contributed by atoms with van der Waals surface area (Å²) in [4.78, 5) is 16.8. The number of H-pyrrole nitrogens is 1. The lowest BCUT2D eigenvalue weighted by molar-refractivity contribution is 0.416. The van der Waals surface area contributed by atoms with Gasteiger partial charge < -0.3 is 4.74 Å². The van der Waals surface area contributed by atoms with Gasteiger partial charge in [0.2, 0.25) is 0 Å². The molecular formula is C15H15N3O2. The number of nitrogens with one attached hydrogen (secondary N) is 1. The van der Waals surface area contributed by atoms with Crippen LogP contribution in [0, 0.1) is 0 Å². The number of aromatic nitrogens is 3. The lowest BCUT2D eigenvalue weighted by Crippen LogP contribution is -2.14. The molecule has 0 unspecified atom stereocenters. The monoisotopic (exact) mass is 269 g/mol. The average Bonchev–Trinajstić information content (AvgIpc) is 2.90. The molecule has 0 aliphatic carbocycles. The minimum absolute atomic E-state index is 0.129. The van der Waals surface area contributed by atoms with Gasteiger partial charge in [0.1, 0.15) is 5.75 Å². The second-order valence-electron chi connectivity index (χ2n) is 4.49. The van der Waals surface area contributed by atoms with E-state index in [1.54, 1.807) is 7.11 Å². The molecule has 0 amide bonds. The van der Waals surface area contributed by atoms with Gasteiger partial charge in [-0.3, -0.25) is 9.89 Å². The highest BCUT2D eigenvalue weighted by Crippen LogP contribution is 2.27. The molecule has 0 saturated heterocycles. The number of hydrogen-bond donors (Lipinski definition) is 1. The van der Waals surface area contributed by atoms with Crippen molar-refractivity contribution in [3.63, 3.8) is 0 Å². The molecule has 0 bridgehead atoms. The van der Waals surface area contributed by atoms with Crippen molar-refractivity contribution in [2.75, 3.05) is 7.11 Å². The predicted octanol–water partition coefficient (Wildman–Crippen LogP) is 2.26. The zero-order valence-electron chi connectivity index (χ0n) is 11.4. The lowest BCUT2D eigenvalue weighted by Gasteiger charge is -2.07. The van der Waals surface area contributed by atoms with E-state index >= 15 is 0 Å². The normalized spacial score (nSPS) is 10.9. The first-order valence-corrected chi connectivity index (χ1v) is 6.48. The van der Waals surface area contributed by atoms with E-state index in [0.29, 0.717) is 17.1 Å². The molecule has 1 aromatic carbocycles.